The van der Waals surface area contributed by atoms with Crippen LogP contribution in [0.1, 0.15) is 18.9 Å². The van der Waals surface area contributed by atoms with E-state index in [1.54, 1.807) is 18.7 Å². The Labute approximate surface area is 190 Å². The van der Waals surface area contributed by atoms with E-state index < -0.39 is 0 Å². The smallest absolute Gasteiger partial charge is 0.200 e. The van der Waals surface area contributed by atoms with Gasteiger partial charge in [0.25, 0.3) is 0 Å². The van der Waals surface area contributed by atoms with E-state index >= 15 is 0 Å². The third-order valence-corrected chi connectivity index (χ3v) is 7.00. The van der Waals surface area contributed by atoms with Gasteiger partial charge in [-0.2, -0.15) is 0 Å². The highest BCUT2D eigenvalue weighted by atomic mass is 32.2. The standard InChI is InChI=1S/C23H25N7OS/c1-15(27-31)16-4-7-22-25-26-23(30(22)13-16)32-20-5-6-21-17(11-20)10-19(12-24-21)29-9-8-18(14-29)28(2)3/h4-7,10-13,18,31H,8-9,14H2,1-3H3/b27-15-/t18-/m0/s1. The number of benzene rings is 1. The highest BCUT2D eigenvalue weighted by molar-refractivity contribution is 7.99. The van der Waals surface area contributed by atoms with Crippen LogP contribution < -0.4 is 4.90 Å². The Kier molecular flexibility index (Phi) is 5.44. The molecule has 1 aliphatic rings. The summed E-state index contributed by atoms with van der Waals surface area (Å²) in [4.78, 5) is 10.5. The van der Waals surface area contributed by atoms with Gasteiger partial charge in [0.2, 0.25) is 0 Å². The third kappa shape index (κ3) is 3.89. The van der Waals surface area contributed by atoms with Crippen molar-refractivity contribution < 1.29 is 5.21 Å². The number of hydrogen-bond donors (Lipinski definition) is 1. The van der Waals surface area contributed by atoms with Crippen molar-refractivity contribution in [2.75, 3.05) is 32.1 Å². The molecule has 4 aromatic rings. The molecule has 0 spiro atoms. The second-order valence-corrected chi connectivity index (χ2v) is 9.36. The van der Waals surface area contributed by atoms with Gasteiger partial charge in [-0.1, -0.05) is 5.16 Å². The minimum atomic E-state index is 0.541. The first kappa shape index (κ1) is 20.7. The summed E-state index contributed by atoms with van der Waals surface area (Å²) >= 11 is 1.55. The molecular formula is C23H25N7OS. The molecule has 9 heteroatoms. The zero-order valence-corrected chi connectivity index (χ0v) is 19.1. The summed E-state index contributed by atoms with van der Waals surface area (Å²) in [7, 11) is 4.29. The molecule has 1 aliphatic heterocycles. The maximum Gasteiger partial charge on any atom is 0.200 e. The molecule has 3 aromatic heterocycles. The number of nitrogens with zero attached hydrogens (tertiary/aromatic N) is 7. The second-order valence-electron chi connectivity index (χ2n) is 8.32. The summed E-state index contributed by atoms with van der Waals surface area (Å²) in [6.45, 7) is 3.84. The Morgan fingerprint density at radius 3 is 2.84 bits per heavy atom. The van der Waals surface area contributed by atoms with Gasteiger partial charge in [-0.3, -0.25) is 9.38 Å². The van der Waals surface area contributed by atoms with E-state index in [0.717, 1.165) is 45.3 Å². The predicted octanol–water partition coefficient (Wildman–Crippen LogP) is 3.77. The quantitative estimate of drug-likeness (QED) is 0.283. The molecule has 8 nitrogen and oxygen atoms in total. The van der Waals surface area contributed by atoms with E-state index in [4.69, 9.17) is 5.21 Å². The average molecular weight is 448 g/mol. The van der Waals surface area contributed by atoms with Crippen LogP contribution in [0.2, 0.25) is 0 Å². The molecule has 0 bridgehead atoms. The molecule has 1 aromatic carbocycles. The normalized spacial score (nSPS) is 17.2. The number of rotatable bonds is 5. The van der Waals surface area contributed by atoms with Crippen LogP contribution in [0.15, 0.2) is 64.0 Å². The maximum absolute atomic E-state index is 9.09. The fraction of sp³-hybridized carbons (Fsp3) is 0.304. The van der Waals surface area contributed by atoms with Crippen LogP contribution in [0.3, 0.4) is 0 Å². The number of anilines is 1. The summed E-state index contributed by atoms with van der Waals surface area (Å²) in [5.74, 6) is 0. The molecule has 32 heavy (non-hydrogen) atoms. The summed E-state index contributed by atoms with van der Waals surface area (Å²) in [5.41, 5.74) is 4.25. The van der Waals surface area contributed by atoms with E-state index in [1.807, 2.05) is 35.0 Å². The number of aromatic nitrogens is 4. The molecule has 0 unspecified atom stereocenters. The van der Waals surface area contributed by atoms with E-state index in [2.05, 4.69) is 62.4 Å². The minimum Gasteiger partial charge on any atom is -0.411 e. The van der Waals surface area contributed by atoms with Gasteiger partial charge < -0.3 is 15.0 Å². The fourth-order valence-electron chi connectivity index (χ4n) is 4.05. The van der Waals surface area contributed by atoms with Gasteiger partial charge in [0, 0.05) is 41.2 Å². The number of likely N-dealkylation sites (N-methyl/N-ethyl adjacent to an activating group) is 1. The SMILES string of the molecule is C/C(=N/O)c1ccc2nnc(Sc3ccc4ncc(N5CC[C@H](N(C)C)C5)cc4c3)n2c1. The molecular weight excluding hydrogens is 422 g/mol. The molecule has 0 radical (unpaired) electrons. The molecule has 1 fully saturated rings. The van der Waals surface area contributed by atoms with E-state index in [9.17, 15) is 0 Å². The van der Waals surface area contributed by atoms with Gasteiger partial charge in [-0.05, 0) is 75.6 Å². The van der Waals surface area contributed by atoms with Crippen LogP contribution in [0, 0.1) is 0 Å². The summed E-state index contributed by atoms with van der Waals surface area (Å²) in [6.07, 6.45) is 5.04. The van der Waals surface area contributed by atoms with Crippen LogP contribution >= 0.6 is 11.8 Å². The molecule has 5 rings (SSSR count). The van der Waals surface area contributed by atoms with Crippen molar-refractivity contribution in [2.45, 2.75) is 29.4 Å². The van der Waals surface area contributed by atoms with Crippen LogP contribution in [-0.4, -0.2) is 68.6 Å². The van der Waals surface area contributed by atoms with E-state index in [0.29, 0.717) is 11.8 Å². The molecule has 0 aliphatic carbocycles. The fourth-order valence-corrected chi connectivity index (χ4v) is 4.91. The van der Waals surface area contributed by atoms with Crippen molar-refractivity contribution in [1.82, 2.24) is 24.5 Å². The highest BCUT2D eigenvalue weighted by Gasteiger charge is 2.24. The van der Waals surface area contributed by atoms with Gasteiger partial charge in [-0.25, -0.2) is 0 Å². The monoisotopic (exact) mass is 447 g/mol. The van der Waals surface area contributed by atoms with Gasteiger partial charge in [0.05, 0.1) is 23.1 Å². The van der Waals surface area contributed by atoms with E-state index in [1.165, 1.54) is 12.1 Å². The third-order valence-electron chi connectivity index (χ3n) is 6.05. The first-order valence-corrected chi connectivity index (χ1v) is 11.4. The molecule has 4 heterocycles. The summed E-state index contributed by atoms with van der Waals surface area (Å²) in [5, 5.41) is 22.9. The molecule has 0 saturated carbocycles. The molecule has 1 atom stereocenters. The Balaban J connectivity index is 1.44. The van der Waals surface area contributed by atoms with Crippen molar-refractivity contribution >= 4 is 39.7 Å². The Morgan fingerprint density at radius 2 is 2.06 bits per heavy atom. The van der Waals surface area contributed by atoms with Crippen LogP contribution in [0.5, 0.6) is 0 Å². The zero-order valence-electron chi connectivity index (χ0n) is 18.3. The lowest BCUT2D eigenvalue weighted by atomic mass is 10.2. The van der Waals surface area contributed by atoms with Gasteiger partial charge in [-0.15, -0.1) is 10.2 Å². The van der Waals surface area contributed by atoms with Gasteiger partial charge in [0.1, 0.15) is 0 Å². The van der Waals surface area contributed by atoms with Crippen LogP contribution in [0.4, 0.5) is 5.69 Å². The second kappa shape index (κ2) is 8.40. The zero-order chi connectivity index (χ0) is 22.2. The highest BCUT2D eigenvalue weighted by Crippen LogP contribution is 2.31. The maximum atomic E-state index is 9.09. The first-order valence-electron chi connectivity index (χ1n) is 10.5. The largest absolute Gasteiger partial charge is 0.411 e. The molecule has 1 saturated heterocycles. The number of hydrogen-bond acceptors (Lipinski definition) is 8. The van der Waals surface area contributed by atoms with E-state index in [-0.39, 0.29) is 0 Å². The first-order chi connectivity index (χ1) is 15.5. The lowest BCUT2D eigenvalue weighted by Crippen LogP contribution is -2.31. The van der Waals surface area contributed by atoms with Crippen molar-refractivity contribution in [3.8, 4) is 0 Å². The predicted molar refractivity (Wildman–Crippen MR) is 127 cm³/mol. The summed E-state index contributed by atoms with van der Waals surface area (Å²) in [6, 6.07) is 12.8. The van der Waals surface area contributed by atoms with Gasteiger partial charge >= 0.3 is 0 Å². The van der Waals surface area contributed by atoms with Crippen molar-refractivity contribution in [2.24, 2.45) is 5.16 Å². The Hall–Kier alpha value is -3.17. The Morgan fingerprint density at radius 1 is 1.19 bits per heavy atom. The average Bonchev–Trinajstić information content (AvgIpc) is 3.46. The number of pyridine rings is 2. The number of oxime groups is 1. The minimum absolute atomic E-state index is 0.541. The Bertz CT molecular complexity index is 1320. The number of fused-ring (bicyclic) bond motifs is 2. The lowest BCUT2D eigenvalue weighted by Gasteiger charge is -2.21. The molecule has 1 N–H and O–H groups in total. The van der Waals surface area contributed by atoms with Gasteiger partial charge in [0.15, 0.2) is 10.8 Å². The van der Waals surface area contributed by atoms with Crippen LogP contribution in [-0.2, 0) is 0 Å². The summed E-state index contributed by atoms with van der Waals surface area (Å²) < 4.78 is 1.92. The van der Waals surface area contributed by atoms with Crippen molar-refractivity contribution in [3.63, 3.8) is 0 Å². The lowest BCUT2D eigenvalue weighted by molar-refractivity contribution is 0.315. The molecule has 0 amide bonds. The van der Waals surface area contributed by atoms with Crippen molar-refractivity contribution in [3.05, 3.63) is 54.4 Å². The molecule has 164 valence electrons. The van der Waals surface area contributed by atoms with Crippen LogP contribution in [0.25, 0.3) is 16.6 Å². The van der Waals surface area contributed by atoms with Crippen molar-refractivity contribution in [1.29, 1.82) is 0 Å². The topological polar surface area (TPSA) is 82.1 Å².